The van der Waals surface area contributed by atoms with Gasteiger partial charge >= 0.3 is 0 Å². The van der Waals surface area contributed by atoms with Crippen molar-refractivity contribution in [1.29, 1.82) is 0 Å². The summed E-state index contributed by atoms with van der Waals surface area (Å²) in [5.41, 5.74) is 6.93. The molecule has 2 nitrogen and oxygen atoms in total. The van der Waals surface area contributed by atoms with Crippen molar-refractivity contribution in [3.05, 3.63) is 0 Å². The first-order valence-electron chi connectivity index (χ1n) is 5.32. The average molecular weight is 183 g/mol. The maximum absolute atomic E-state index is 6.12. The van der Waals surface area contributed by atoms with Crippen molar-refractivity contribution in [2.45, 2.75) is 39.7 Å². The minimum Gasteiger partial charge on any atom is -0.381 e. The van der Waals surface area contributed by atoms with Gasteiger partial charge in [-0.1, -0.05) is 20.8 Å². The van der Waals surface area contributed by atoms with Gasteiger partial charge in [-0.15, -0.1) is 0 Å². The molecule has 76 valence electrons. The molecule has 0 radical (unpaired) electrons. The highest BCUT2D eigenvalue weighted by Gasteiger charge is 2.62. The van der Waals surface area contributed by atoms with Crippen LogP contribution in [0.15, 0.2) is 0 Å². The quantitative estimate of drug-likeness (QED) is 0.672. The standard InChI is InChI=1S/C11H21NO/c1-10(2)8(9(10)12)11(3)4-6-13-7-5-11/h8-9H,4-7,12H2,1-3H3. The van der Waals surface area contributed by atoms with Crippen molar-refractivity contribution in [1.82, 2.24) is 0 Å². The largest absolute Gasteiger partial charge is 0.381 e. The molecule has 1 saturated carbocycles. The Morgan fingerprint density at radius 1 is 1.15 bits per heavy atom. The van der Waals surface area contributed by atoms with Crippen molar-refractivity contribution in [2.75, 3.05) is 13.2 Å². The third-order valence-electron chi connectivity index (χ3n) is 4.30. The van der Waals surface area contributed by atoms with Gasteiger partial charge in [-0.25, -0.2) is 0 Å². The van der Waals surface area contributed by atoms with Crippen LogP contribution in [0.4, 0.5) is 0 Å². The summed E-state index contributed by atoms with van der Waals surface area (Å²) in [6.07, 6.45) is 2.38. The molecule has 13 heavy (non-hydrogen) atoms. The van der Waals surface area contributed by atoms with E-state index in [1.54, 1.807) is 0 Å². The van der Waals surface area contributed by atoms with E-state index in [0.717, 1.165) is 13.2 Å². The smallest absolute Gasteiger partial charge is 0.0471 e. The van der Waals surface area contributed by atoms with E-state index in [1.807, 2.05) is 0 Å². The molecule has 0 aromatic carbocycles. The van der Waals surface area contributed by atoms with Crippen molar-refractivity contribution in [2.24, 2.45) is 22.5 Å². The number of hydrogen-bond donors (Lipinski definition) is 1. The van der Waals surface area contributed by atoms with Crippen molar-refractivity contribution in [3.8, 4) is 0 Å². The van der Waals surface area contributed by atoms with Crippen LogP contribution >= 0.6 is 0 Å². The molecule has 1 saturated heterocycles. The fourth-order valence-corrected chi connectivity index (χ4v) is 3.16. The maximum atomic E-state index is 6.12. The Morgan fingerprint density at radius 3 is 2.00 bits per heavy atom. The summed E-state index contributed by atoms with van der Waals surface area (Å²) in [7, 11) is 0. The Kier molecular flexibility index (Phi) is 1.97. The van der Waals surface area contributed by atoms with Gasteiger partial charge in [-0.3, -0.25) is 0 Å². The summed E-state index contributed by atoms with van der Waals surface area (Å²) in [5, 5.41) is 0. The van der Waals surface area contributed by atoms with E-state index in [0.29, 0.717) is 22.8 Å². The van der Waals surface area contributed by atoms with Crippen molar-refractivity contribution >= 4 is 0 Å². The number of ether oxygens (including phenoxy) is 1. The highest BCUT2D eigenvalue weighted by molar-refractivity contribution is 5.15. The molecule has 2 heteroatoms. The topological polar surface area (TPSA) is 35.2 Å². The summed E-state index contributed by atoms with van der Waals surface area (Å²) in [5.74, 6) is 0.712. The van der Waals surface area contributed by atoms with E-state index in [9.17, 15) is 0 Å². The Morgan fingerprint density at radius 2 is 1.62 bits per heavy atom. The minimum absolute atomic E-state index is 0.367. The summed E-state index contributed by atoms with van der Waals surface area (Å²) in [4.78, 5) is 0. The summed E-state index contributed by atoms with van der Waals surface area (Å²) in [6, 6.07) is 0.413. The second kappa shape index (κ2) is 2.71. The predicted octanol–water partition coefficient (Wildman–Crippen LogP) is 1.79. The van der Waals surface area contributed by atoms with E-state index in [-0.39, 0.29) is 0 Å². The molecule has 1 heterocycles. The van der Waals surface area contributed by atoms with Gasteiger partial charge < -0.3 is 10.5 Å². The van der Waals surface area contributed by atoms with Gasteiger partial charge in [0.1, 0.15) is 0 Å². The monoisotopic (exact) mass is 183 g/mol. The van der Waals surface area contributed by atoms with Gasteiger partial charge in [-0.05, 0) is 29.6 Å². The molecule has 2 fully saturated rings. The molecular formula is C11H21NO. The van der Waals surface area contributed by atoms with Crippen LogP contribution in [0.25, 0.3) is 0 Å². The average Bonchev–Trinajstić information content (AvgIpc) is 2.53. The normalized spacial score (nSPS) is 41.5. The Hall–Kier alpha value is -0.0800. The molecule has 1 aliphatic carbocycles. The zero-order chi connectivity index (χ0) is 9.69. The van der Waals surface area contributed by atoms with Crippen LogP contribution in [0.3, 0.4) is 0 Å². The molecule has 0 bridgehead atoms. The van der Waals surface area contributed by atoms with Crippen molar-refractivity contribution < 1.29 is 4.74 Å². The lowest BCUT2D eigenvalue weighted by Crippen LogP contribution is -2.31. The van der Waals surface area contributed by atoms with Gasteiger partial charge in [0.25, 0.3) is 0 Å². The molecule has 2 aliphatic rings. The van der Waals surface area contributed by atoms with Crippen LogP contribution in [-0.4, -0.2) is 19.3 Å². The first kappa shape index (κ1) is 9.47. The summed E-state index contributed by atoms with van der Waals surface area (Å²) >= 11 is 0. The van der Waals surface area contributed by atoms with Crippen LogP contribution in [-0.2, 0) is 4.74 Å². The van der Waals surface area contributed by atoms with Gasteiger partial charge in [0.05, 0.1) is 0 Å². The zero-order valence-corrected chi connectivity index (χ0v) is 8.97. The number of nitrogens with two attached hydrogens (primary N) is 1. The van der Waals surface area contributed by atoms with Crippen LogP contribution < -0.4 is 5.73 Å². The highest BCUT2D eigenvalue weighted by atomic mass is 16.5. The summed E-state index contributed by atoms with van der Waals surface area (Å²) < 4.78 is 5.41. The lowest BCUT2D eigenvalue weighted by Gasteiger charge is -2.35. The third kappa shape index (κ3) is 1.31. The van der Waals surface area contributed by atoms with E-state index < -0.39 is 0 Å². The summed E-state index contributed by atoms with van der Waals surface area (Å²) in [6.45, 7) is 8.83. The van der Waals surface area contributed by atoms with E-state index in [1.165, 1.54) is 12.8 Å². The van der Waals surface area contributed by atoms with Gasteiger partial charge in [0.2, 0.25) is 0 Å². The Labute approximate surface area is 80.8 Å². The number of hydrogen-bond acceptors (Lipinski definition) is 2. The van der Waals surface area contributed by atoms with Gasteiger partial charge in [0, 0.05) is 19.3 Å². The molecule has 0 amide bonds. The SMILES string of the molecule is CC1(C2C(N)C2(C)C)CCOCC1. The first-order valence-corrected chi connectivity index (χ1v) is 5.32. The van der Waals surface area contributed by atoms with Crippen molar-refractivity contribution in [3.63, 3.8) is 0 Å². The molecule has 2 rings (SSSR count). The van der Waals surface area contributed by atoms with E-state index >= 15 is 0 Å². The van der Waals surface area contributed by atoms with Gasteiger partial charge in [0.15, 0.2) is 0 Å². The van der Waals surface area contributed by atoms with Crippen LogP contribution in [0.1, 0.15) is 33.6 Å². The fourth-order valence-electron chi connectivity index (χ4n) is 3.16. The van der Waals surface area contributed by atoms with Crippen LogP contribution in [0, 0.1) is 16.7 Å². The molecule has 1 aliphatic heterocycles. The molecule has 0 aromatic rings. The van der Waals surface area contributed by atoms with E-state index in [2.05, 4.69) is 20.8 Å². The maximum Gasteiger partial charge on any atom is 0.0471 e. The molecule has 0 aromatic heterocycles. The second-order valence-corrected chi connectivity index (χ2v) is 5.59. The molecule has 0 spiro atoms. The lowest BCUT2D eigenvalue weighted by molar-refractivity contribution is 0.00636. The highest BCUT2D eigenvalue weighted by Crippen LogP contribution is 2.62. The molecule has 2 atom stereocenters. The fraction of sp³-hybridized carbons (Fsp3) is 1.00. The minimum atomic E-state index is 0.367. The zero-order valence-electron chi connectivity index (χ0n) is 8.97. The number of rotatable bonds is 1. The lowest BCUT2D eigenvalue weighted by atomic mass is 9.75. The van der Waals surface area contributed by atoms with Crippen LogP contribution in [0.2, 0.25) is 0 Å². The molecule has 2 N–H and O–H groups in total. The molecular weight excluding hydrogens is 162 g/mol. The van der Waals surface area contributed by atoms with Gasteiger partial charge in [-0.2, -0.15) is 0 Å². The molecule has 2 unspecified atom stereocenters. The second-order valence-electron chi connectivity index (χ2n) is 5.59. The first-order chi connectivity index (χ1) is 5.98. The van der Waals surface area contributed by atoms with E-state index in [4.69, 9.17) is 10.5 Å². The predicted molar refractivity (Wildman–Crippen MR) is 53.4 cm³/mol. The Balaban J connectivity index is 2.08. The van der Waals surface area contributed by atoms with Crippen LogP contribution in [0.5, 0.6) is 0 Å². The Bertz CT molecular complexity index is 206. The third-order valence-corrected chi connectivity index (χ3v) is 4.30.